The molecule has 4 nitrogen and oxygen atoms in total. The van der Waals surface area contributed by atoms with Crippen molar-refractivity contribution in [2.75, 3.05) is 11.9 Å². The van der Waals surface area contributed by atoms with E-state index < -0.39 is 0 Å². The number of amides is 1. The van der Waals surface area contributed by atoms with E-state index in [0.717, 1.165) is 24.3 Å². The SMILES string of the molecule is CN(C(=O)C1CC1)c1nnc(C2(C)CC2Cl)s1. The average Bonchev–Trinajstić information content (AvgIpc) is 3.18. The van der Waals surface area contributed by atoms with E-state index in [9.17, 15) is 4.79 Å². The number of anilines is 1. The number of carbonyl (C=O) groups is 1. The van der Waals surface area contributed by atoms with Crippen LogP contribution >= 0.6 is 22.9 Å². The summed E-state index contributed by atoms with van der Waals surface area (Å²) in [7, 11) is 1.78. The van der Waals surface area contributed by atoms with Crippen molar-refractivity contribution in [3.05, 3.63) is 5.01 Å². The van der Waals surface area contributed by atoms with Crippen LogP contribution in [0.5, 0.6) is 0 Å². The van der Waals surface area contributed by atoms with E-state index in [4.69, 9.17) is 11.6 Å². The number of hydrogen-bond acceptors (Lipinski definition) is 4. The number of alkyl halides is 1. The molecule has 0 saturated heterocycles. The second kappa shape index (κ2) is 3.65. The fraction of sp³-hybridized carbons (Fsp3) is 0.727. The summed E-state index contributed by atoms with van der Waals surface area (Å²) in [4.78, 5) is 13.5. The van der Waals surface area contributed by atoms with Crippen molar-refractivity contribution in [1.29, 1.82) is 0 Å². The molecule has 6 heteroatoms. The molecule has 1 aromatic heterocycles. The third kappa shape index (κ3) is 1.85. The smallest absolute Gasteiger partial charge is 0.231 e. The summed E-state index contributed by atoms with van der Waals surface area (Å²) in [6, 6.07) is 0. The lowest BCUT2D eigenvalue weighted by Gasteiger charge is -2.11. The zero-order valence-corrected chi connectivity index (χ0v) is 11.4. The highest BCUT2D eigenvalue weighted by atomic mass is 35.5. The molecule has 0 aromatic carbocycles. The molecule has 2 atom stereocenters. The van der Waals surface area contributed by atoms with Crippen molar-refractivity contribution < 1.29 is 4.79 Å². The fourth-order valence-electron chi connectivity index (χ4n) is 1.81. The van der Waals surface area contributed by atoms with Gasteiger partial charge in [-0.3, -0.25) is 9.69 Å². The summed E-state index contributed by atoms with van der Waals surface area (Å²) >= 11 is 7.58. The molecule has 17 heavy (non-hydrogen) atoms. The van der Waals surface area contributed by atoms with Crippen LogP contribution in [-0.4, -0.2) is 28.5 Å². The number of carbonyl (C=O) groups excluding carboxylic acids is 1. The molecule has 92 valence electrons. The van der Waals surface area contributed by atoms with Crippen LogP contribution in [-0.2, 0) is 10.2 Å². The van der Waals surface area contributed by atoms with Crippen LogP contribution in [0, 0.1) is 5.92 Å². The van der Waals surface area contributed by atoms with Crippen molar-refractivity contribution in [1.82, 2.24) is 10.2 Å². The minimum atomic E-state index is -0.0268. The van der Waals surface area contributed by atoms with Gasteiger partial charge in [0.2, 0.25) is 11.0 Å². The number of halogens is 1. The Labute approximate surface area is 109 Å². The van der Waals surface area contributed by atoms with Crippen LogP contribution in [0.1, 0.15) is 31.2 Å². The molecule has 3 rings (SSSR count). The van der Waals surface area contributed by atoms with Crippen molar-refractivity contribution in [3.8, 4) is 0 Å². The van der Waals surface area contributed by atoms with Gasteiger partial charge in [-0.2, -0.15) is 0 Å². The predicted molar refractivity (Wildman–Crippen MR) is 67.7 cm³/mol. The van der Waals surface area contributed by atoms with Crippen LogP contribution in [0.15, 0.2) is 0 Å². The highest BCUT2D eigenvalue weighted by Crippen LogP contribution is 2.53. The monoisotopic (exact) mass is 271 g/mol. The molecular formula is C11H14ClN3OS. The van der Waals surface area contributed by atoms with E-state index >= 15 is 0 Å². The number of hydrogen-bond donors (Lipinski definition) is 0. The molecule has 0 spiro atoms. The zero-order chi connectivity index (χ0) is 12.2. The summed E-state index contributed by atoms with van der Waals surface area (Å²) in [5, 5.41) is 10.1. The van der Waals surface area contributed by atoms with Crippen LogP contribution in [0.25, 0.3) is 0 Å². The van der Waals surface area contributed by atoms with E-state index in [2.05, 4.69) is 17.1 Å². The van der Waals surface area contributed by atoms with Crippen molar-refractivity contribution >= 4 is 34.0 Å². The summed E-state index contributed by atoms with van der Waals surface area (Å²) in [5.74, 6) is 0.376. The van der Waals surface area contributed by atoms with E-state index in [-0.39, 0.29) is 22.6 Å². The van der Waals surface area contributed by atoms with E-state index in [1.54, 1.807) is 11.9 Å². The first kappa shape index (κ1) is 11.4. The molecule has 2 aliphatic carbocycles. The molecule has 1 amide bonds. The predicted octanol–water partition coefficient (Wildman–Crippen LogP) is 2.18. The largest absolute Gasteiger partial charge is 0.290 e. The minimum absolute atomic E-state index is 0.0268. The lowest BCUT2D eigenvalue weighted by molar-refractivity contribution is -0.119. The summed E-state index contributed by atoms with van der Waals surface area (Å²) in [5.41, 5.74) is -0.0268. The molecule has 2 aliphatic rings. The van der Waals surface area contributed by atoms with Gasteiger partial charge in [0, 0.05) is 23.8 Å². The van der Waals surface area contributed by atoms with Gasteiger partial charge in [-0.05, 0) is 19.3 Å². The first-order chi connectivity index (χ1) is 8.02. The summed E-state index contributed by atoms with van der Waals surface area (Å²) in [6.45, 7) is 2.09. The molecule has 2 unspecified atom stereocenters. The number of aromatic nitrogens is 2. The van der Waals surface area contributed by atoms with Gasteiger partial charge >= 0.3 is 0 Å². The molecular weight excluding hydrogens is 258 g/mol. The Kier molecular flexibility index (Phi) is 2.45. The summed E-state index contributed by atoms with van der Waals surface area (Å²) < 4.78 is 0. The zero-order valence-electron chi connectivity index (χ0n) is 9.81. The van der Waals surface area contributed by atoms with Crippen molar-refractivity contribution in [2.45, 2.75) is 37.0 Å². The molecule has 1 heterocycles. The Morgan fingerprint density at radius 2 is 2.18 bits per heavy atom. The van der Waals surface area contributed by atoms with Crippen LogP contribution in [0.2, 0.25) is 0 Å². The van der Waals surface area contributed by atoms with Gasteiger partial charge in [0.15, 0.2) is 0 Å². The first-order valence-electron chi connectivity index (χ1n) is 5.78. The van der Waals surface area contributed by atoms with Crippen LogP contribution in [0.3, 0.4) is 0 Å². The lowest BCUT2D eigenvalue weighted by atomic mass is 10.2. The Morgan fingerprint density at radius 3 is 2.71 bits per heavy atom. The second-order valence-electron chi connectivity index (χ2n) is 5.15. The van der Waals surface area contributed by atoms with E-state index in [1.165, 1.54) is 11.3 Å². The maximum Gasteiger partial charge on any atom is 0.231 e. The molecule has 1 aromatic rings. The van der Waals surface area contributed by atoms with E-state index in [0.29, 0.717) is 5.13 Å². The highest BCUT2D eigenvalue weighted by Gasteiger charge is 2.53. The summed E-state index contributed by atoms with van der Waals surface area (Å²) in [6.07, 6.45) is 2.97. The maximum atomic E-state index is 11.9. The first-order valence-corrected chi connectivity index (χ1v) is 7.03. The number of nitrogens with zero attached hydrogens (tertiary/aromatic N) is 3. The van der Waals surface area contributed by atoms with Crippen molar-refractivity contribution in [2.24, 2.45) is 5.92 Å². The molecule has 0 bridgehead atoms. The molecule has 0 N–H and O–H groups in total. The molecule has 2 saturated carbocycles. The normalized spacial score (nSPS) is 31.4. The van der Waals surface area contributed by atoms with Gasteiger partial charge in [-0.15, -0.1) is 21.8 Å². The van der Waals surface area contributed by atoms with Gasteiger partial charge in [0.05, 0.1) is 0 Å². The third-order valence-electron chi connectivity index (χ3n) is 3.58. The van der Waals surface area contributed by atoms with Gasteiger partial charge in [0.1, 0.15) is 5.01 Å². The Hall–Kier alpha value is -0.680. The standard InChI is InChI=1S/C11H14ClN3OS/c1-11(5-7(11)12)9-13-14-10(17-9)15(2)8(16)6-3-4-6/h6-7H,3-5H2,1-2H3. The van der Waals surface area contributed by atoms with Gasteiger partial charge < -0.3 is 0 Å². The Bertz CT molecular complexity index is 473. The number of rotatable bonds is 3. The Balaban J connectivity index is 1.78. The average molecular weight is 272 g/mol. The fourth-order valence-corrected chi connectivity index (χ4v) is 3.33. The Morgan fingerprint density at radius 1 is 1.53 bits per heavy atom. The second-order valence-corrected chi connectivity index (χ2v) is 6.63. The highest BCUT2D eigenvalue weighted by molar-refractivity contribution is 7.15. The van der Waals surface area contributed by atoms with Gasteiger partial charge in [-0.25, -0.2) is 0 Å². The quantitative estimate of drug-likeness (QED) is 0.792. The topological polar surface area (TPSA) is 46.1 Å². The van der Waals surface area contributed by atoms with Gasteiger partial charge in [0.25, 0.3) is 0 Å². The van der Waals surface area contributed by atoms with Crippen LogP contribution in [0.4, 0.5) is 5.13 Å². The maximum absolute atomic E-state index is 11.9. The van der Waals surface area contributed by atoms with Crippen LogP contribution < -0.4 is 4.90 Å². The minimum Gasteiger partial charge on any atom is -0.290 e. The molecule has 0 aliphatic heterocycles. The molecule has 2 fully saturated rings. The molecule has 0 radical (unpaired) electrons. The van der Waals surface area contributed by atoms with Crippen molar-refractivity contribution in [3.63, 3.8) is 0 Å². The van der Waals surface area contributed by atoms with E-state index in [1.807, 2.05) is 0 Å². The van der Waals surface area contributed by atoms with Gasteiger partial charge in [-0.1, -0.05) is 18.3 Å². The third-order valence-corrected chi connectivity index (χ3v) is 5.50. The lowest BCUT2D eigenvalue weighted by Crippen LogP contribution is -2.27.